The van der Waals surface area contributed by atoms with Crippen molar-refractivity contribution in [3.63, 3.8) is 0 Å². The van der Waals surface area contributed by atoms with Crippen LogP contribution in [0.1, 0.15) is 25.3 Å². The molecule has 4 rings (SSSR count). The van der Waals surface area contributed by atoms with Crippen molar-refractivity contribution in [2.45, 2.75) is 36.0 Å². The van der Waals surface area contributed by atoms with Crippen LogP contribution in [0.15, 0.2) is 77.7 Å². The molecule has 1 aliphatic carbocycles. The average molecular weight is 484 g/mol. The van der Waals surface area contributed by atoms with Crippen molar-refractivity contribution in [3.8, 4) is 5.75 Å². The van der Waals surface area contributed by atoms with Crippen molar-refractivity contribution in [1.29, 1.82) is 5.41 Å². The summed E-state index contributed by atoms with van der Waals surface area (Å²) >= 11 is 3.56. The van der Waals surface area contributed by atoms with Gasteiger partial charge in [-0.05, 0) is 80.6 Å². The summed E-state index contributed by atoms with van der Waals surface area (Å²) in [6.07, 6.45) is 5.96. The van der Waals surface area contributed by atoms with Gasteiger partial charge in [0.2, 0.25) is 0 Å². The van der Waals surface area contributed by atoms with Crippen LogP contribution in [0.25, 0.3) is 0 Å². The summed E-state index contributed by atoms with van der Waals surface area (Å²) in [6, 6.07) is 22.3. The van der Waals surface area contributed by atoms with Crippen molar-refractivity contribution in [1.82, 2.24) is 4.72 Å². The third-order valence-electron chi connectivity index (χ3n) is 4.74. The number of hydrogen-bond donors (Lipinski definition) is 3. The van der Waals surface area contributed by atoms with Crippen LogP contribution in [0, 0.1) is 11.2 Å². The van der Waals surface area contributed by atoms with Crippen molar-refractivity contribution in [2.24, 2.45) is 0 Å². The Morgan fingerprint density at radius 2 is 1.82 bits per heavy atom. The van der Waals surface area contributed by atoms with E-state index in [0.717, 1.165) is 27.9 Å². The van der Waals surface area contributed by atoms with Crippen LogP contribution in [0.2, 0.25) is 0 Å². The summed E-state index contributed by atoms with van der Waals surface area (Å²) in [5.41, 5.74) is 2.27. The Labute approximate surface area is 204 Å². The molecule has 33 heavy (non-hydrogen) atoms. The first-order valence-electron chi connectivity index (χ1n) is 10.9. The third kappa shape index (κ3) is 9.12. The van der Waals surface area contributed by atoms with Crippen molar-refractivity contribution >= 4 is 41.3 Å². The zero-order valence-electron chi connectivity index (χ0n) is 18.9. The first kappa shape index (κ1) is 25.1. The van der Waals surface area contributed by atoms with Crippen molar-refractivity contribution in [3.05, 3.63) is 84.2 Å². The number of thioether (sulfide) groups is 1. The molecule has 1 fully saturated rings. The Morgan fingerprint density at radius 3 is 2.42 bits per heavy atom. The van der Waals surface area contributed by atoms with Gasteiger partial charge in [0, 0.05) is 39.3 Å². The molecule has 1 aliphatic rings. The highest BCUT2D eigenvalue weighted by molar-refractivity contribution is 7.98. The number of anilines is 2. The van der Waals surface area contributed by atoms with E-state index in [4.69, 9.17) is 10.1 Å². The Balaban J connectivity index is 0.000000323. The van der Waals surface area contributed by atoms with Gasteiger partial charge in [0.15, 0.2) is 0 Å². The molecular formula is C26H30FN3OS2. The van der Waals surface area contributed by atoms with Gasteiger partial charge >= 0.3 is 0 Å². The zero-order valence-corrected chi connectivity index (χ0v) is 20.5. The Hall–Kier alpha value is -2.48. The molecule has 0 heterocycles. The maximum absolute atomic E-state index is 13.0. The minimum absolute atomic E-state index is 0.256. The van der Waals surface area contributed by atoms with Gasteiger partial charge in [0.05, 0.1) is 0 Å². The molecule has 3 N–H and O–H groups in total. The number of ether oxygens (including phenoxy) is 1. The van der Waals surface area contributed by atoms with Gasteiger partial charge in [-0.25, -0.2) is 4.39 Å². The summed E-state index contributed by atoms with van der Waals surface area (Å²) in [5, 5.41) is 11.6. The van der Waals surface area contributed by atoms with E-state index in [2.05, 4.69) is 35.4 Å². The topological polar surface area (TPSA) is 57.1 Å². The number of hydrogen-bond acceptors (Lipinski definition) is 6. The SMILES string of the molecule is CC(COc1ccc(Nc2ccc(F)cc2)c(C=N)c1)NSC1CC1.CSc1ccccc1. The van der Waals surface area contributed by atoms with Crippen LogP contribution in [-0.2, 0) is 0 Å². The second-order valence-electron chi connectivity index (χ2n) is 7.69. The molecule has 0 spiro atoms. The molecule has 0 aromatic heterocycles. The van der Waals surface area contributed by atoms with E-state index in [1.807, 2.05) is 36.4 Å². The van der Waals surface area contributed by atoms with Gasteiger partial charge < -0.3 is 15.5 Å². The highest BCUT2D eigenvalue weighted by Crippen LogP contribution is 2.32. The highest BCUT2D eigenvalue weighted by atomic mass is 32.2. The Morgan fingerprint density at radius 1 is 1.09 bits per heavy atom. The van der Waals surface area contributed by atoms with Crippen LogP contribution >= 0.6 is 23.7 Å². The summed E-state index contributed by atoms with van der Waals surface area (Å²) < 4.78 is 22.2. The van der Waals surface area contributed by atoms with Gasteiger partial charge in [-0.2, -0.15) is 0 Å². The summed E-state index contributed by atoms with van der Waals surface area (Å²) in [6.45, 7) is 2.67. The highest BCUT2D eigenvalue weighted by Gasteiger charge is 2.22. The molecule has 0 saturated heterocycles. The molecule has 0 bridgehead atoms. The van der Waals surface area contributed by atoms with Crippen LogP contribution < -0.4 is 14.8 Å². The van der Waals surface area contributed by atoms with Gasteiger partial charge in [-0.15, -0.1) is 11.8 Å². The fourth-order valence-corrected chi connectivity index (χ4v) is 4.06. The van der Waals surface area contributed by atoms with E-state index < -0.39 is 0 Å². The fourth-order valence-electron chi connectivity index (χ4n) is 2.76. The molecule has 3 aromatic rings. The summed E-state index contributed by atoms with van der Waals surface area (Å²) in [7, 11) is 0. The minimum atomic E-state index is -0.274. The van der Waals surface area contributed by atoms with Crippen LogP contribution in [-0.4, -0.2) is 30.4 Å². The van der Waals surface area contributed by atoms with E-state index in [-0.39, 0.29) is 11.9 Å². The lowest BCUT2D eigenvalue weighted by Crippen LogP contribution is -2.27. The normalized spacial score (nSPS) is 13.4. The number of rotatable bonds is 10. The molecule has 0 amide bonds. The molecule has 7 heteroatoms. The molecular weight excluding hydrogens is 453 g/mol. The second kappa shape index (κ2) is 13.3. The lowest BCUT2D eigenvalue weighted by Gasteiger charge is -2.16. The molecule has 1 unspecified atom stereocenters. The summed E-state index contributed by atoms with van der Waals surface area (Å²) in [4.78, 5) is 1.33. The first-order chi connectivity index (χ1) is 16.1. The zero-order chi connectivity index (χ0) is 23.5. The molecule has 1 atom stereocenters. The van der Waals surface area contributed by atoms with E-state index in [0.29, 0.717) is 6.61 Å². The maximum Gasteiger partial charge on any atom is 0.123 e. The second-order valence-corrected chi connectivity index (χ2v) is 9.71. The molecule has 0 aliphatic heterocycles. The lowest BCUT2D eigenvalue weighted by atomic mass is 10.1. The van der Waals surface area contributed by atoms with Crippen LogP contribution in [0.3, 0.4) is 0 Å². The van der Waals surface area contributed by atoms with Gasteiger partial charge in [-0.3, -0.25) is 4.72 Å². The average Bonchev–Trinajstić information content (AvgIpc) is 3.69. The van der Waals surface area contributed by atoms with Gasteiger partial charge in [0.1, 0.15) is 18.2 Å². The monoisotopic (exact) mass is 483 g/mol. The van der Waals surface area contributed by atoms with E-state index in [9.17, 15) is 4.39 Å². The summed E-state index contributed by atoms with van der Waals surface area (Å²) in [5.74, 6) is 0.456. The molecule has 4 nitrogen and oxygen atoms in total. The van der Waals surface area contributed by atoms with Crippen molar-refractivity contribution in [2.75, 3.05) is 18.2 Å². The maximum atomic E-state index is 13.0. The molecule has 1 saturated carbocycles. The van der Waals surface area contributed by atoms with Crippen molar-refractivity contribution < 1.29 is 9.13 Å². The fraction of sp³-hybridized carbons (Fsp3) is 0.269. The number of benzene rings is 3. The van der Waals surface area contributed by atoms with Crippen LogP contribution in [0.5, 0.6) is 5.75 Å². The smallest absolute Gasteiger partial charge is 0.123 e. The number of nitrogens with one attached hydrogen (secondary N) is 3. The standard InChI is InChI=1S/C19H22FN3OS.C7H8S/c1-13(23-25-18-7-8-18)12-24-17-6-9-19(14(10-17)11-21)22-16-4-2-15(20)3-5-16;1-8-7-5-3-2-4-6-7/h2-6,9-11,13,18,21-23H,7-8,12H2,1H3;2-6H,1H3. The van der Waals surface area contributed by atoms with E-state index in [1.165, 1.54) is 36.1 Å². The van der Waals surface area contributed by atoms with Gasteiger partial charge in [-0.1, -0.05) is 30.1 Å². The predicted molar refractivity (Wildman–Crippen MR) is 141 cm³/mol. The third-order valence-corrected chi connectivity index (χ3v) is 6.83. The quantitative estimate of drug-likeness (QED) is 0.162. The lowest BCUT2D eigenvalue weighted by molar-refractivity contribution is 0.290. The molecule has 3 aromatic carbocycles. The number of halogens is 1. The van der Waals surface area contributed by atoms with E-state index in [1.54, 1.807) is 35.8 Å². The predicted octanol–water partition coefficient (Wildman–Crippen LogP) is 7.14. The largest absolute Gasteiger partial charge is 0.492 e. The van der Waals surface area contributed by atoms with Gasteiger partial charge in [0.25, 0.3) is 0 Å². The molecule has 0 radical (unpaired) electrons. The Kier molecular flexibility index (Phi) is 10.1. The molecule has 174 valence electrons. The van der Waals surface area contributed by atoms with Crippen LogP contribution in [0.4, 0.5) is 15.8 Å². The minimum Gasteiger partial charge on any atom is -0.492 e. The first-order valence-corrected chi connectivity index (χ1v) is 13.0. The Bertz CT molecular complexity index is 998. The van der Waals surface area contributed by atoms with E-state index >= 15 is 0 Å².